The van der Waals surface area contributed by atoms with Crippen molar-refractivity contribution in [3.05, 3.63) is 182 Å². The summed E-state index contributed by atoms with van der Waals surface area (Å²) in [6.45, 7) is 0. The van der Waals surface area contributed by atoms with E-state index in [4.69, 9.17) is 23.2 Å². The molecule has 3 heterocycles. The van der Waals surface area contributed by atoms with Gasteiger partial charge < -0.3 is 4.57 Å². The van der Waals surface area contributed by atoms with Crippen LogP contribution in [0.4, 0.5) is 0 Å². The van der Waals surface area contributed by atoms with Crippen LogP contribution in [0.25, 0.3) is 104 Å². The fourth-order valence-electron chi connectivity index (χ4n) is 7.33. The number of aromatic nitrogens is 4. The number of fused-ring (bicyclic) bond motifs is 7. The SMILES string of the molecule is [2H]c1c([2H])c([2H])c2c(c1[2H])c1c([2H])c([2H])c([2H])c([2H])c1n2-c1ccc(-c2ccc3ccccc3c2)cc1-c1nc(-c2ccccc2)nc(-c2ccc3c(c2)sc2ccccc23)n1. The van der Waals surface area contributed by atoms with Gasteiger partial charge in [-0.2, -0.15) is 0 Å². The zero-order chi connectivity index (χ0) is 42.6. The molecule has 11 aromatic rings. The fourth-order valence-corrected chi connectivity index (χ4v) is 8.47. The maximum Gasteiger partial charge on any atom is 0.166 e. The van der Waals surface area contributed by atoms with Crippen molar-refractivity contribution in [1.82, 2.24) is 19.5 Å². The highest BCUT2D eigenvalue weighted by molar-refractivity contribution is 7.25. The summed E-state index contributed by atoms with van der Waals surface area (Å²) in [6.07, 6.45) is 0. The zero-order valence-electron chi connectivity index (χ0n) is 36.4. The molecule has 252 valence electrons. The molecule has 0 N–H and O–H groups in total. The molecule has 0 amide bonds. The largest absolute Gasteiger partial charge is 0.309 e. The lowest BCUT2D eigenvalue weighted by atomic mass is 9.98. The highest BCUT2D eigenvalue weighted by atomic mass is 32.1. The van der Waals surface area contributed by atoms with Gasteiger partial charge in [0.05, 0.1) is 27.7 Å². The molecule has 4 nitrogen and oxygen atoms in total. The minimum absolute atomic E-state index is 0.00507. The molecule has 0 unspecified atom stereocenters. The Kier molecular flexibility index (Phi) is 5.39. The Hall–Kier alpha value is -6.95. The Morgan fingerprint density at radius 1 is 0.426 bits per heavy atom. The van der Waals surface area contributed by atoms with Crippen molar-refractivity contribution >= 4 is 64.1 Å². The molecule has 3 aromatic heterocycles. The van der Waals surface area contributed by atoms with Crippen LogP contribution < -0.4 is 0 Å². The van der Waals surface area contributed by atoms with E-state index in [0.29, 0.717) is 22.9 Å². The first kappa shape index (κ1) is 23.6. The first-order valence-corrected chi connectivity index (χ1v) is 18.3. The quantitative estimate of drug-likeness (QED) is 0.178. The Balaban J connectivity index is 1.26. The molecule has 0 fully saturated rings. The monoisotopic (exact) mass is 714 g/mol. The molecule has 11 rings (SSSR count). The van der Waals surface area contributed by atoms with Crippen LogP contribution in [0.15, 0.2) is 182 Å². The van der Waals surface area contributed by atoms with Gasteiger partial charge in [0.15, 0.2) is 17.5 Å². The van der Waals surface area contributed by atoms with E-state index in [1.54, 1.807) is 17.4 Å². The lowest BCUT2D eigenvalue weighted by Crippen LogP contribution is -2.04. The lowest BCUT2D eigenvalue weighted by Gasteiger charge is -2.16. The van der Waals surface area contributed by atoms with E-state index in [1.165, 1.54) is 9.27 Å². The maximum absolute atomic E-state index is 9.26. The van der Waals surface area contributed by atoms with Gasteiger partial charge in [-0.05, 0) is 64.3 Å². The van der Waals surface area contributed by atoms with Gasteiger partial charge in [-0.1, -0.05) is 139 Å². The first-order valence-electron chi connectivity index (χ1n) is 21.5. The van der Waals surface area contributed by atoms with Gasteiger partial charge in [-0.25, -0.2) is 15.0 Å². The third-order valence-corrected chi connectivity index (χ3v) is 11.0. The molecular weight excluding hydrogens is 677 g/mol. The van der Waals surface area contributed by atoms with E-state index in [1.807, 2.05) is 91.0 Å². The number of rotatable bonds is 5. The average molecular weight is 715 g/mol. The molecule has 8 aromatic carbocycles. The maximum atomic E-state index is 9.26. The number of thiophene rings is 1. The van der Waals surface area contributed by atoms with Crippen LogP contribution >= 0.6 is 11.3 Å². The summed E-state index contributed by atoms with van der Waals surface area (Å²) in [5, 5.41) is 4.37. The van der Waals surface area contributed by atoms with Gasteiger partial charge in [0.2, 0.25) is 0 Å². The third kappa shape index (κ3) is 5.01. The molecule has 0 aliphatic heterocycles. The minimum Gasteiger partial charge on any atom is -0.309 e. The van der Waals surface area contributed by atoms with Crippen molar-refractivity contribution in [1.29, 1.82) is 0 Å². The van der Waals surface area contributed by atoms with Crippen molar-refractivity contribution in [2.24, 2.45) is 0 Å². The van der Waals surface area contributed by atoms with Crippen molar-refractivity contribution in [3.63, 3.8) is 0 Å². The van der Waals surface area contributed by atoms with E-state index in [2.05, 4.69) is 36.4 Å². The Labute approximate surface area is 326 Å². The highest BCUT2D eigenvalue weighted by Gasteiger charge is 2.21. The van der Waals surface area contributed by atoms with E-state index in [-0.39, 0.29) is 27.6 Å². The van der Waals surface area contributed by atoms with Crippen LogP contribution in [0.3, 0.4) is 0 Å². The molecule has 0 spiro atoms. The van der Waals surface area contributed by atoms with Crippen LogP contribution in [-0.4, -0.2) is 19.5 Å². The smallest absolute Gasteiger partial charge is 0.166 e. The summed E-state index contributed by atoms with van der Waals surface area (Å²) in [5.41, 5.74) is 4.00. The van der Waals surface area contributed by atoms with Gasteiger partial charge in [0.1, 0.15) is 0 Å². The molecule has 5 heteroatoms. The number of hydrogen-bond acceptors (Lipinski definition) is 4. The van der Waals surface area contributed by atoms with E-state index >= 15 is 0 Å². The summed E-state index contributed by atoms with van der Waals surface area (Å²) >= 11 is 1.69. The standard InChI is InChI=1S/C49H30N4S/c1-2-13-32(14-3-1)47-50-48(36-24-26-40-39-18-8-11-21-45(39)54-46(40)30-36)52-49(51-47)41-29-35(34-23-22-31-12-4-5-15-33(31)28-34)25-27-44(41)53-42-19-9-6-16-37(42)38-17-7-10-20-43(38)53/h1-30H/i6D,7D,9D,10D,16D,17D,19D,20D. The van der Waals surface area contributed by atoms with Crippen LogP contribution in [0, 0.1) is 0 Å². The highest BCUT2D eigenvalue weighted by Crippen LogP contribution is 2.40. The number of benzene rings is 8. The molecule has 54 heavy (non-hydrogen) atoms. The molecule has 0 aliphatic carbocycles. The van der Waals surface area contributed by atoms with Crippen LogP contribution in [0.2, 0.25) is 0 Å². The lowest BCUT2D eigenvalue weighted by molar-refractivity contribution is 1.07. The number of hydrogen-bond donors (Lipinski definition) is 0. The van der Waals surface area contributed by atoms with Crippen molar-refractivity contribution in [2.45, 2.75) is 0 Å². The molecule has 0 aliphatic rings. The van der Waals surface area contributed by atoms with Gasteiger partial charge in [0, 0.05) is 47.6 Å². The fraction of sp³-hybridized carbons (Fsp3) is 0. The molecule has 0 saturated heterocycles. The Bertz CT molecular complexity index is 3620. The van der Waals surface area contributed by atoms with Crippen LogP contribution in [-0.2, 0) is 0 Å². The normalized spacial score (nSPS) is 13.8. The Morgan fingerprint density at radius 3 is 1.85 bits per heavy atom. The molecule has 0 bridgehead atoms. The van der Waals surface area contributed by atoms with Crippen molar-refractivity contribution in [2.75, 3.05) is 0 Å². The van der Waals surface area contributed by atoms with E-state index < -0.39 is 48.3 Å². The van der Waals surface area contributed by atoms with Gasteiger partial charge in [-0.15, -0.1) is 11.3 Å². The number of nitrogens with zero attached hydrogens (tertiary/aromatic N) is 4. The summed E-state index contributed by atoms with van der Waals surface area (Å²) in [5.74, 6) is 1.05. The van der Waals surface area contributed by atoms with Crippen molar-refractivity contribution < 1.29 is 11.0 Å². The number of para-hydroxylation sites is 2. The van der Waals surface area contributed by atoms with E-state index in [9.17, 15) is 2.74 Å². The van der Waals surface area contributed by atoms with Gasteiger partial charge in [-0.3, -0.25) is 0 Å². The second-order valence-corrected chi connectivity index (χ2v) is 14.1. The summed E-state index contributed by atoms with van der Waals surface area (Å²) in [6, 6.07) is 40.3. The van der Waals surface area contributed by atoms with Crippen molar-refractivity contribution in [3.8, 4) is 51.0 Å². The average Bonchev–Trinajstić information content (AvgIpc) is 3.87. The Morgan fingerprint density at radius 2 is 1.04 bits per heavy atom. The zero-order valence-corrected chi connectivity index (χ0v) is 29.2. The predicted molar refractivity (Wildman–Crippen MR) is 226 cm³/mol. The summed E-state index contributed by atoms with van der Waals surface area (Å²) in [4.78, 5) is 15.3. The van der Waals surface area contributed by atoms with Crippen LogP contribution in [0.5, 0.6) is 0 Å². The topological polar surface area (TPSA) is 43.6 Å². The molecule has 0 atom stereocenters. The predicted octanol–water partition coefficient (Wildman–Crippen LogP) is 13.2. The third-order valence-electron chi connectivity index (χ3n) is 9.90. The van der Waals surface area contributed by atoms with E-state index in [0.717, 1.165) is 48.5 Å². The second-order valence-electron chi connectivity index (χ2n) is 13.1. The molecule has 0 radical (unpaired) electrons. The summed E-state index contributed by atoms with van der Waals surface area (Å²) in [7, 11) is 0. The van der Waals surface area contributed by atoms with Gasteiger partial charge in [0.25, 0.3) is 0 Å². The first-order chi connectivity index (χ1) is 30.1. The minimum atomic E-state index is -0.508. The molecule has 0 saturated carbocycles. The van der Waals surface area contributed by atoms with Gasteiger partial charge >= 0.3 is 0 Å². The molecular formula is C49H30N4S. The second kappa shape index (κ2) is 12.3. The summed E-state index contributed by atoms with van der Waals surface area (Å²) < 4.78 is 75.1. The van der Waals surface area contributed by atoms with Crippen LogP contribution in [0.1, 0.15) is 11.0 Å².